The molecule has 1 aliphatic rings. The van der Waals surface area contributed by atoms with Gasteiger partial charge in [0.1, 0.15) is 0 Å². The van der Waals surface area contributed by atoms with Gasteiger partial charge in [-0.05, 0) is 19.3 Å². The molecule has 0 spiro atoms. The number of carbonyl (C=O) groups is 1. The van der Waals surface area contributed by atoms with Gasteiger partial charge < -0.3 is 10.2 Å². The number of nitrogens with zero attached hydrogens (tertiary/aromatic N) is 1. The van der Waals surface area contributed by atoms with Crippen molar-refractivity contribution in [3.63, 3.8) is 0 Å². The fraction of sp³-hybridized carbons (Fsp3) is 0.909. The topological polar surface area (TPSA) is 32.3 Å². The zero-order valence-corrected chi connectivity index (χ0v) is 9.55. The summed E-state index contributed by atoms with van der Waals surface area (Å²) in [6.45, 7) is 9.19. The predicted octanol–water partition coefficient (Wildman–Crippen LogP) is 1.24. The number of nitrogens with one attached hydrogen (secondary N) is 1. The molecule has 0 aromatic carbocycles. The molecule has 1 amide bonds. The molecule has 3 heteroatoms. The van der Waals surface area contributed by atoms with Crippen LogP contribution in [-0.2, 0) is 4.79 Å². The molecule has 82 valence electrons. The molecule has 0 aromatic rings. The number of hydrogen-bond donors (Lipinski definition) is 1. The normalized spacial score (nSPS) is 22.9. The van der Waals surface area contributed by atoms with Gasteiger partial charge in [-0.15, -0.1) is 0 Å². The minimum Gasteiger partial charge on any atom is -0.337 e. The van der Waals surface area contributed by atoms with Crippen LogP contribution in [0.2, 0.25) is 0 Å². The lowest BCUT2D eigenvalue weighted by Gasteiger charge is -2.34. The van der Waals surface area contributed by atoms with Crippen LogP contribution in [0.4, 0.5) is 0 Å². The minimum absolute atomic E-state index is 0.327. The predicted molar refractivity (Wildman–Crippen MR) is 58.1 cm³/mol. The Hall–Kier alpha value is -0.570. The van der Waals surface area contributed by atoms with Crippen LogP contribution in [0.5, 0.6) is 0 Å². The zero-order valence-electron chi connectivity index (χ0n) is 9.55. The van der Waals surface area contributed by atoms with Crippen molar-refractivity contribution in [2.75, 3.05) is 19.6 Å². The van der Waals surface area contributed by atoms with Gasteiger partial charge in [0, 0.05) is 32.1 Å². The van der Waals surface area contributed by atoms with E-state index in [1.807, 2.05) is 4.90 Å². The standard InChI is InChI=1S/C11H22N2O/c1-9(2)4-5-11(14)13-7-6-12-8-10(13)3/h9-10,12H,4-8H2,1-3H3/t10-/m1/s1. The fourth-order valence-corrected chi connectivity index (χ4v) is 1.77. The quantitative estimate of drug-likeness (QED) is 0.740. The van der Waals surface area contributed by atoms with Crippen molar-refractivity contribution in [2.24, 2.45) is 5.92 Å². The molecule has 1 atom stereocenters. The third-order valence-corrected chi connectivity index (χ3v) is 2.76. The van der Waals surface area contributed by atoms with E-state index in [1.54, 1.807) is 0 Å². The van der Waals surface area contributed by atoms with Crippen molar-refractivity contribution in [1.29, 1.82) is 0 Å². The summed E-state index contributed by atoms with van der Waals surface area (Å²) in [6.07, 6.45) is 1.72. The van der Waals surface area contributed by atoms with Crippen molar-refractivity contribution in [1.82, 2.24) is 10.2 Å². The molecule has 0 aliphatic carbocycles. The maximum atomic E-state index is 11.8. The first-order valence-electron chi connectivity index (χ1n) is 5.61. The first-order chi connectivity index (χ1) is 6.61. The molecule has 0 bridgehead atoms. The van der Waals surface area contributed by atoms with Gasteiger partial charge in [-0.1, -0.05) is 13.8 Å². The van der Waals surface area contributed by atoms with E-state index in [9.17, 15) is 4.79 Å². The molecule has 3 nitrogen and oxygen atoms in total. The number of carbonyl (C=O) groups excluding carboxylic acids is 1. The summed E-state index contributed by atoms with van der Waals surface area (Å²) in [6, 6.07) is 0.364. The lowest BCUT2D eigenvalue weighted by molar-refractivity contribution is -0.134. The highest BCUT2D eigenvalue weighted by Crippen LogP contribution is 2.10. The third-order valence-electron chi connectivity index (χ3n) is 2.76. The molecule has 0 unspecified atom stereocenters. The summed E-state index contributed by atoms with van der Waals surface area (Å²) in [4.78, 5) is 13.8. The SMILES string of the molecule is CC(C)CCC(=O)N1CCNC[C@H]1C. The lowest BCUT2D eigenvalue weighted by Crippen LogP contribution is -2.52. The minimum atomic E-state index is 0.327. The van der Waals surface area contributed by atoms with Crippen LogP contribution < -0.4 is 5.32 Å². The Kier molecular flexibility index (Phi) is 4.39. The molecule has 1 N–H and O–H groups in total. The fourth-order valence-electron chi connectivity index (χ4n) is 1.77. The summed E-state index contributed by atoms with van der Waals surface area (Å²) in [5.74, 6) is 0.949. The molecule has 14 heavy (non-hydrogen) atoms. The summed E-state index contributed by atoms with van der Waals surface area (Å²) in [5.41, 5.74) is 0. The highest BCUT2D eigenvalue weighted by molar-refractivity contribution is 5.76. The van der Waals surface area contributed by atoms with E-state index in [1.165, 1.54) is 0 Å². The van der Waals surface area contributed by atoms with Crippen LogP contribution in [0.3, 0.4) is 0 Å². The van der Waals surface area contributed by atoms with Crippen molar-refractivity contribution >= 4 is 5.91 Å². The first-order valence-corrected chi connectivity index (χ1v) is 5.61. The van der Waals surface area contributed by atoms with E-state index in [0.717, 1.165) is 26.1 Å². The van der Waals surface area contributed by atoms with Crippen LogP contribution >= 0.6 is 0 Å². The van der Waals surface area contributed by atoms with Crippen molar-refractivity contribution < 1.29 is 4.79 Å². The number of amides is 1. The van der Waals surface area contributed by atoms with E-state index >= 15 is 0 Å². The zero-order chi connectivity index (χ0) is 10.6. The highest BCUT2D eigenvalue weighted by atomic mass is 16.2. The number of piperazine rings is 1. The van der Waals surface area contributed by atoms with Crippen LogP contribution in [-0.4, -0.2) is 36.5 Å². The van der Waals surface area contributed by atoms with Gasteiger partial charge >= 0.3 is 0 Å². The van der Waals surface area contributed by atoms with Gasteiger partial charge in [-0.25, -0.2) is 0 Å². The maximum Gasteiger partial charge on any atom is 0.222 e. The summed E-state index contributed by atoms with van der Waals surface area (Å²) < 4.78 is 0. The van der Waals surface area contributed by atoms with Crippen LogP contribution in [0.1, 0.15) is 33.6 Å². The number of rotatable bonds is 3. The van der Waals surface area contributed by atoms with E-state index in [2.05, 4.69) is 26.1 Å². The monoisotopic (exact) mass is 198 g/mol. The molecule has 1 fully saturated rings. The third kappa shape index (κ3) is 3.29. The van der Waals surface area contributed by atoms with E-state index in [0.29, 0.717) is 24.3 Å². The Labute approximate surface area is 86.9 Å². The molecule has 0 aromatic heterocycles. The number of hydrogen-bond acceptors (Lipinski definition) is 2. The Morgan fingerprint density at radius 3 is 2.86 bits per heavy atom. The van der Waals surface area contributed by atoms with Gasteiger partial charge in [-0.3, -0.25) is 4.79 Å². The smallest absolute Gasteiger partial charge is 0.222 e. The van der Waals surface area contributed by atoms with Crippen molar-refractivity contribution in [2.45, 2.75) is 39.7 Å². The van der Waals surface area contributed by atoms with Gasteiger partial charge in [-0.2, -0.15) is 0 Å². The Balaban J connectivity index is 2.34. The average Bonchev–Trinajstić information content (AvgIpc) is 2.15. The second-order valence-corrected chi connectivity index (χ2v) is 4.57. The molecule has 0 radical (unpaired) electrons. The molecule has 1 rings (SSSR count). The summed E-state index contributed by atoms with van der Waals surface area (Å²) >= 11 is 0. The molecular formula is C11H22N2O. The second-order valence-electron chi connectivity index (χ2n) is 4.57. The molecule has 1 heterocycles. The van der Waals surface area contributed by atoms with Crippen LogP contribution in [0.15, 0.2) is 0 Å². The van der Waals surface area contributed by atoms with E-state index < -0.39 is 0 Å². The summed E-state index contributed by atoms with van der Waals surface area (Å²) in [7, 11) is 0. The Morgan fingerprint density at radius 2 is 2.29 bits per heavy atom. The van der Waals surface area contributed by atoms with Crippen LogP contribution in [0, 0.1) is 5.92 Å². The van der Waals surface area contributed by atoms with Crippen LogP contribution in [0.25, 0.3) is 0 Å². The average molecular weight is 198 g/mol. The lowest BCUT2D eigenvalue weighted by atomic mass is 10.1. The Bertz CT molecular complexity index is 192. The van der Waals surface area contributed by atoms with Crippen molar-refractivity contribution in [3.05, 3.63) is 0 Å². The van der Waals surface area contributed by atoms with Gasteiger partial charge in [0.25, 0.3) is 0 Å². The molecular weight excluding hydrogens is 176 g/mol. The first kappa shape index (κ1) is 11.5. The highest BCUT2D eigenvalue weighted by Gasteiger charge is 2.22. The van der Waals surface area contributed by atoms with E-state index in [-0.39, 0.29) is 0 Å². The second kappa shape index (κ2) is 5.35. The van der Waals surface area contributed by atoms with Gasteiger partial charge in [0.15, 0.2) is 0 Å². The Morgan fingerprint density at radius 1 is 1.57 bits per heavy atom. The molecule has 0 saturated carbocycles. The van der Waals surface area contributed by atoms with Crippen molar-refractivity contribution in [3.8, 4) is 0 Å². The molecule has 1 aliphatic heterocycles. The summed E-state index contributed by atoms with van der Waals surface area (Å²) in [5, 5.41) is 3.29. The maximum absolute atomic E-state index is 11.8. The van der Waals surface area contributed by atoms with Gasteiger partial charge in [0.2, 0.25) is 5.91 Å². The van der Waals surface area contributed by atoms with Gasteiger partial charge in [0.05, 0.1) is 0 Å². The van der Waals surface area contributed by atoms with E-state index in [4.69, 9.17) is 0 Å². The molecule has 1 saturated heterocycles. The largest absolute Gasteiger partial charge is 0.337 e.